The first-order valence-corrected chi connectivity index (χ1v) is 9.80. The number of carboxylic acid groups (broad SMARTS) is 1. The van der Waals surface area contributed by atoms with Gasteiger partial charge in [-0.05, 0) is 31.1 Å². The van der Waals surface area contributed by atoms with Crippen LogP contribution in [0.1, 0.15) is 32.1 Å². The normalized spacial score (nSPS) is 34.9. The number of nitrogens with one attached hydrogen (secondary N) is 1. The van der Waals surface area contributed by atoms with Crippen LogP contribution in [0.5, 0.6) is 0 Å². The molecule has 2 heterocycles. The summed E-state index contributed by atoms with van der Waals surface area (Å²) in [5.74, 6) is 0.544. The molecule has 26 heavy (non-hydrogen) atoms. The summed E-state index contributed by atoms with van der Waals surface area (Å²) in [6.07, 6.45) is 3.05. The van der Waals surface area contributed by atoms with E-state index in [9.17, 15) is 19.5 Å². The molecule has 5 aliphatic rings. The van der Waals surface area contributed by atoms with E-state index in [4.69, 9.17) is 11.6 Å². The van der Waals surface area contributed by atoms with Gasteiger partial charge in [-0.2, -0.15) is 0 Å². The molecular weight excluding hydrogens is 360 g/mol. The molecule has 8 nitrogen and oxygen atoms in total. The zero-order valence-electron chi connectivity index (χ0n) is 14.7. The summed E-state index contributed by atoms with van der Waals surface area (Å²) in [6.45, 7) is 2.55. The lowest BCUT2D eigenvalue weighted by Gasteiger charge is -2.73. The smallest absolute Gasteiger partial charge is 0.407 e. The largest absolute Gasteiger partial charge is 0.465 e. The van der Waals surface area contributed by atoms with Gasteiger partial charge in [-0.15, -0.1) is 11.6 Å². The lowest BCUT2D eigenvalue weighted by molar-refractivity contribution is -0.197. The van der Waals surface area contributed by atoms with E-state index in [0.717, 1.165) is 19.3 Å². The molecule has 2 aliphatic heterocycles. The molecule has 5 rings (SSSR count). The Hall–Kier alpha value is -1.70. The van der Waals surface area contributed by atoms with Crippen LogP contribution in [0.15, 0.2) is 0 Å². The van der Waals surface area contributed by atoms with E-state index in [1.54, 1.807) is 0 Å². The third-order valence-electron chi connectivity index (χ3n) is 6.51. The highest BCUT2D eigenvalue weighted by Gasteiger charge is 2.72. The van der Waals surface area contributed by atoms with Gasteiger partial charge in [0.1, 0.15) is 0 Å². The molecule has 0 aromatic rings. The van der Waals surface area contributed by atoms with Gasteiger partial charge in [0.05, 0.1) is 6.04 Å². The highest BCUT2D eigenvalue weighted by atomic mass is 35.5. The van der Waals surface area contributed by atoms with E-state index in [-0.39, 0.29) is 28.9 Å². The average Bonchev–Trinajstić information content (AvgIpc) is 2.87. The van der Waals surface area contributed by atoms with Crippen LogP contribution in [0.2, 0.25) is 0 Å². The minimum Gasteiger partial charge on any atom is -0.465 e. The topological polar surface area (TPSA) is 93.2 Å². The summed E-state index contributed by atoms with van der Waals surface area (Å²) in [6, 6.07) is 0.0204. The zero-order chi connectivity index (χ0) is 18.5. The Labute approximate surface area is 157 Å². The van der Waals surface area contributed by atoms with Gasteiger partial charge in [-0.25, -0.2) is 9.59 Å². The van der Waals surface area contributed by atoms with Crippen molar-refractivity contribution >= 4 is 29.6 Å². The molecule has 1 atom stereocenters. The number of fused-ring (bicyclic) bond motifs is 1. The van der Waals surface area contributed by atoms with Crippen LogP contribution < -0.4 is 5.32 Å². The molecule has 2 saturated heterocycles. The molecule has 0 aromatic carbocycles. The summed E-state index contributed by atoms with van der Waals surface area (Å²) < 4.78 is 0. The molecule has 0 radical (unpaired) electrons. The van der Waals surface area contributed by atoms with E-state index >= 15 is 0 Å². The minimum atomic E-state index is -0.912. The van der Waals surface area contributed by atoms with E-state index in [0.29, 0.717) is 51.4 Å². The van der Waals surface area contributed by atoms with Gasteiger partial charge in [0.15, 0.2) is 0 Å². The Morgan fingerprint density at radius 1 is 1.23 bits per heavy atom. The second kappa shape index (κ2) is 6.18. The lowest BCUT2D eigenvalue weighted by atomic mass is 9.38. The molecule has 144 valence electrons. The van der Waals surface area contributed by atoms with Gasteiger partial charge in [0, 0.05) is 50.6 Å². The molecule has 4 amide bonds. The van der Waals surface area contributed by atoms with Crippen LogP contribution in [-0.2, 0) is 4.79 Å². The third-order valence-corrected chi connectivity index (χ3v) is 6.77. The molecule has 0 aromatic heterocycles. The number of rotatable bonds is 6. The summed E-state index contributed by atoms with van der Waals surface area (Å²) in [7, 11) is 0. The standard InChI is InChI=1S/C17H25ClN4O4/c18-3-1-2-13(23)19-11-16-8-17(9-16,10-16)22-7-12-6-20(15(25)26)4-5-21(12)14(22)24/h12H,1-11H2,(H,19,23)(H,25,26)/t12-,16?,17?/m0/s1. The van der Waals surface area contributed by atoms with Gasteiger partial charge in [-0.1, -0.05) is 0 Å². The molecule has 3 aliphatic carbocycles. The molecule has 2 N–H and O–H groups in total. The van der Waals surface area contributed by atoms with Crippen molar-refractivity contribution in [2.45, 2.75) is 43.7 Å². The number of alkyl halides is 1. The van der Waals surface area contributed by atoms with E-state index in [2.05, 4.69) is 5.32 Å². The van der Waals surface area contributed by atoms with Crippen LogP contribution in [0.4, 0.5) is 9.59 Å². The van der Waals surface area contributed by atoms with Crippen LogP contribution in [0, 0.1) is 5.41 Å². The number of carbonyl (C=O) groups is 3. The first-order valence-electron chi connectivity index (χ1n) is 9.27. The average molecular weight is 385 g/mol. The van der Waals surface area contributed by atoms with Gasteiger partial charge >= 0.3 is 12.1 Å². The van der Waals surface area contributed by atoms with Crippen molar-refractivity contribution < 1.29 is 19.5 Å². The van der Waals surface area contributed by atoms with E-state index in [1.807, 2.05) is 9.80 Å². The summed E-state index contributed by atoms with van der Waals surface area (Å²) in [4.78, 5) is 40.9. The number of hydrogen-bond acceptors (Lipinski definition) is 3. The van der Waals surface area contributed by atoms with Crippen LogP contribution in [-0.4, -0.2) is 88.0 Å². The van der Waals surface area contributed by atoms with Gasteiger partial charge in [0.2, 0.25) is 5.91 Å². The maximum absolute atomic E-state index is 12.8. The summed E-state index contributed by atoms with van der Waals surface area (Å²) in [5.41, 5.74) is 0.0798. The number of halogens is 1. The fourth-order valence-corrected chi connectivity index (χ4v) is 5.43. The summed E-state index contributed by atoms with van der Waals surface area (Å²) in [5, 5.41) is 12.2. The fourth-order valence-electron chi connectivity index (χ4n) is 5.29. The molecular formula is C17H25ClN4O4. The first-order chi connectivity index (χ1) is 12.4. The number of carbonyl (C=O) groups excluding carboxylic acids is 2. The molecule has 9 heteroatoms. The first kappa shape index (κ1) is 17.7. The summed E-state index contributed by atoms with van der Waals surface area (Å²) >= 11 is 5.61. The van der Waals surface area contributed by atoms with Crippen LogP contribution in [0.25, 0.3) is 0 Å². The van der Waals surface area contributed by atoms with Crippen molar-refractivity contribution in [3.05, 3.63) is 0 Å². The molecule has 5 fully saturated rings. The fraction of sp³-hybridized carbons (Fsp3) is 0.824. The quantitative estimate of drug-likeness (QED) is 0.672. The minimum absolute atomic E-state index is 0.0346. The SMILES string of the molecule is O=C(CCCCl)NCC12CC(N3C[C@@H]4CN(C(=O)O)CCN4C3=O)(C1)C2. The van der Waals surface area contributed by atoms with Crippen LogP contribution >= 0.6 is 11.6 Å². The monoisotopic (exact) mass is 384 g/mol. The Bertz CT molecular complexity index is 622. The zero-order valence-corrected chi connectivity index (χ0v) is 15.5. The predicted octanol–water partition coefficient (Wildman–Crippen LogP) is 1.14. The van der Waals surface area contributed by atoms with Crippen molar-refractivity contribution in [3.63, 3.8) is 0 Å². The molecule has 0 unspecified atom stereocenters. The van der Waals surface area contributed by atoms with Gasteiger partial charge in [-0.3, -0.25) is 4.79 Å². The number of amides is 4. The highest BCUT2D eigenvalue weighted by molar-refractivity contribution is 6.17. The van der Waals surface area contributed by atoms with E-state index < -0.39 is 6.09 Å². The van der Waals surface area contributed by atoms with Gasteiger partial charge < -0.3 is 25.1 Å². The second-order valence-corrected chi connectivity index (χ2v) is 8.67. The maximum atomic E-state index is 12.8. The second-order valence-electron chi connectivity index (χ2n) is 8.29. The predicted molar refractivity (Wildman–Crippen MR) is 94.2 cm³/mol. The number of nitrogens with zero attached hydrogens (tertiary/aromatic N) is 3. The molecule has 2 bridgehead atoms. The Morgan fingerprint density at radius 3 is 2.62 bits per heavy atom. The lowest BCUT2D eigenvalue weighted by Crippen LogP contribution is -2.77. The van der Waals surface area contributed by atoms with Crippen molar-refractivity contribution in [1.29, 1.82) is 0 Å². The maximum Gasteiger partial charge on any atom is 0.407 e. The van der Waals surface area contributed by atoms with Crippen LogP contribution in [0.3, 0.4) is 0 Å². The van der Waals surface area contributed by atoms with Crippen molar-refractivity contribution in [1.82, 2.24) is 20.0 Å². The number of piperazine rings is 1. The third kappa shape index (κ3) is 2.69. The van der Waals surface area contributed by atoms with Crippen molar-refractivity contribution in [3.8, 4) is 0 Å². The van der Waals surface area contributed by atoms with Crippen molar-refractivity contribution in [2.24, 2.45) is 5.41 Å². The van der Waals surface area contributed by atoms with E-state index in [1.165, 1.54) is 4.90 Å². The number of hydrogen-bond donors (Lipinski definition) is 2. The van der Waals surface area contributed by atoms with Crippen molar-refractivity contribution in [2.75, 3.05) is 38.6 Å². The van der Waals surface area contributed by atoms with Gasteiger partial charge in [0.25, 0.3) is 0 Å². The molecule has 3 saturated carbocycles. The molecule has 0 spiro atoms. The Kier molecular flexibility index (Phi) is 4.21. The Balaban J connectivity index is 1.29. The Morgan fingerprint density at radius 2 is 1.96 bits per heavy atom. The highest BCUT2D eigenvalue weighted by Crippen LogP contribution is 2.70. The number of urea groups is 1.